The number of aromatic nitrogens is 1. The van der Waals surface area contributed by atoms with E-state index in [0.29, 0.717) is 5.56 Å². The van der Waals surface area contributed by atoms with E-state index < -0.39 is 0 Å². The second-order valence-electron chi connectivity index (χ2n) is 6.90. The van der Waals surface area contributed by atoms with Crippen molar-refractivity contribution in [3.8, 4) is 0 Å². The van der Waals surface area contributed by atoms with E-state index in [1.54, 1.807) is 6.20 Å². The fourth-order valence-corrected chi connectivity index (χ4v) is 3.86. The van der Waals surface area contributed by atoms with E-state index in [2.05, 4.69) is 10.3 Å². The predicted molar refractivity (Wildman–Crippen MR) is 98.6 cm³/mol. The SMILES string of the molecule is O=C(c1cccc(Nc2c[nH]c(=O)c3c2CCCC3)c1)N1CCCC1. The number of hydrogen-bond donors (Lipinski definition) is 2. The first kappa shape index (κ1) is 15.9. The van der Waals surface area contributed by atoms with Crippen molar-refractivity contribution in [3.63, 3.8) is 0 Å². The number of rotatable bonds is 3. The van der Waals surface area contributed by atoms with Gasteiger partial charge in [-0.2, -0.15) is 0 Å². The summed E-state index contributed by atoms with van der Waals surface area (Å²) in [6.07, 6.45) is 7.88. The third kappa shape index (κ3) is 3.18. The van der Waals surface area contributed by atoms with Crippen molar-refractivity contribution >= 4 is 17.3 Å². The number of aromatic amines is 1. The molecule has 5 nitrogen and oxygen atoms in total. The molecular formula is C20H23N3O2. The van der Waals surface area contributed by atoms with Crippen LogP contribution in [0.4, 0.5) is 11.4 Å². The highest BCUT2D eigenvalue weighted by atomic mass is 16.2. The Kier molecular flexibility index (Phi) is 4.30. The minimum atomic E-state index is 0.0261. The van der Waals surface area contributed by atoms with Gasteiger partial charge in [0.15, 0.2) is 0 Å². The summed E-state index contributed by atoms with van der Waals surface area (Å²) >= 11 is 0. The van der Waals surface area contributed by atoms with Crippen molar-refractivity contribution in [2.45, 2.75) is 38.5 Å². The zero-order valence-electron chi connectivity index (χ0n) is 14.3. The minimum Gasteiger partial charge on any atom is -0.354 e. The van der Waals surface area contributed by atoms with Crippen LogP contribution in [0.2, 0.25) is 0 Å². The van der Waals surface area contributed by atoms with Gasteiger partial charge < -0.3 is 15.2 Å². The molecule has 1 aromatic carbocycles. The summed E-state index contributed by atoms with van der Waals surface area (Å²) < 4.78 is 0. The van der Waals surface area contributed by atoms with E-state index in [0.717, 1.165) is 74.1 Å². The maximum Gasteiger partial charge on any atom is 0.253 e. The smallest absolute Gasteiger partial charge is 0.253 e. The average molecular weight is 337 g/mol. The third-order valence-corrected chi connectivity index (χ3v) is 5.20. The number of fused-ring (bicyclic) bond motifs is 1. The Bertz CT molecular complexity index is 850. The lowest BCUT2D eigenvalue weighted by atomic mass is 9.92. The zero-order chi connectivity index (χ0) is 17.2. The fraction of sp³-hybridized carbons (Fsp3) is 0.400. The summed E-state index contributed by atoms with van der Waals surface area (Å²) in [5.74, 6) is 0.102. The van der Waals surface area contributed by atoms with Crippen molar-refractivity contribution in [3.05, 3.63) is 57.5 Å². The highest BCUT2D eigenvalue weighted by Crippen LogP contribution is 2.28. The lowest BCUT2D eigenvalue weighted by Gasteiger charge is -2.20. The van der Waals surface area contributed by atoms with Crippen LogP contribution in [-0.4, -0.2) is 28.9 Å². The number of H-pyrrole nitrogens is 1. The molecule has 1 saturated heterocycles. The van der Waals surface area contributed by atoms with Crippen LogP contribution in [0.25, 0.3) is 0 Å². The molecule has 2 N–H and O–H groups in total. The fourth-order valence-electron chi connectivity index (χ4n) is 3.86. The summed E-state index contributed by atoms with van der Waals surface area (Å²) in [6.45, 7) is 1.70. The molecule has 130 valence electrons. The van der Waals surface area contributed by atoms with E-state index in [1.807, 2.05) is 29.2 Å². The van der Waals surface area contributed by atoms with Crippen LogP contribution in [0.3, 0.4) is 0 Å². The van der Waals surface area contributed by atoms with Gasteiger partial charge in [-0.3, -0.25) is 9.59 Å². The summed E-state index contributed by atoms with van der Waals surface area (Å²) in [5.41, 5.74) is 4.58. The maximum absolute atomic E-state index is 12.6. The average Bonchev–Trinajstić information content (AvgIpc) is 3.19. The van der Waals surface area contributed by atoms with Crippen LogP contribution in [-0.2, 0) is 12.8 Å². The molecule has 1 fully saturated rings. The molecule has 1 amide bonds. The number of likely N-dealkylation sites (tertiary alicyclic amines) is 1. The maximum atomic E-state index is 12.6. The number of pyridine rings is 1. The molecule has 2 aliphatic rings. The van der Waals surface area contributed by atoms with Crippen molar-refractivity contribution in [2.24, 2.45) is 0 Å². The van der Waals surface area contributed by atoms with Crippen LogP contribution in [0.1, 0.15) is 47.2 Å². The zero-order valence-corrected chi connectivity index (χ0v) is 14.3. The number of amides is 1. The number of benzene rings is 1. The van der Waals surface area contributed by atoms with E-state index in [9.17, 15) is 9.59 Å². The molecule has 1 aliphatic carbocycles. The molecule has 2 heterocycles. The molecule has 25 heavy (non-hydrogen) atoms. The summed E-state index contributed by atoms with van der Waals surface area (Å²) in [6, 6.07) is 7.64. The topological polar surface area (TPSA) is 65.2 Å². The molecule has 0 bridgehead atoms. The molecule has 4 rings (SSSR count). The van der Waals surface area contributed by atoms with E-state index in [4.69, 9.17) is 0 Å². The first-order chi connectivity index (χ1) is 12.2. The molecule has 2 aromatic rings. The summed E-state index contributed by atoms with van der Waals surface area (Å²) in [5, 5.41) is 3.40. The molecule has 0 unspecified atom stereocenters. The molecule has 1 aromatic heterocycles. The normalized spacial score (nSPS) is 16.6. The number of anilines is 2. The molecule has 5 heteroatoms. The second kappa shape index (κ2) is 6.75. The highest BCUT2D eigenvalue weighted by molar-refractivity contribution is 5.95. The Hall–Kier alpha value is -2.56. The highest BCUT2D eigenvalue weighted by Gasteiger charge is 2.20. The summed E-state index contributed by atoms with van der Waals surface area (Å²) in [7, 11) is 0. The Morgan fingerprint density at radius 3 is 2.60 bits per heavy atom. The first-order valence-corrected chi connectivity index (χ1v) is 9.12. The van der Waals surface area contributed by atoms with Gasteiger partial charge in [0, 0.05) is 36.1 Å². The molecule has 1 aliphatic heterocycles. The van der Waals surface area contributed by atoms with Crippen molar-refractivity contribution in [1.29, 1.82) is 0 Å². The lowest BCUT2D eigenvalue weighted by Crippen LogP contribution is -2.27. The van der Waals surface area contributed by atoms with Gasteiger partial charge in [0.2, 0.25) is 0 Å². The van der Waals surface area contributed by atoms with E-state index >= 15 is 0 Å². The van der Waals surface area contributed by atoms with Crippen LogP contribution in [0.15, 0.2) is 35.3 Å². The van der Waals surface area contributed by atoms with Crippen molar-refractivity contribution in [1.82, 2.24) is 9.88 Å². The van der Waals surface area contributed by atoms with Gasteiger partial charge in [0.05, 0.1) is 5.69 Å². The second-order valence-corrected chi connectivity index (χ2v) is 6.90. The first-order valence-electron chi connectivity index (χ1n) is 9.12. The minimum absolute atomic E-state index is 0.0261. The van der Waals surface area contributed by atoms with Crippen molar-refractivity contribution < 1.29 is 4.79 Å². The predicted octanol–water partition coefficient (Wildman–Crippen LogP) is 3.23. The monoisotopic (exact) mass is 337 g/mol. The van der Waals surface area contributed by atoms with Gasteiger partial charge >= 0.3 is 0 Å². The molecule has 0 radical (unpaired) electrons. The Labute approximate surface area is 147 Å². The quantitative estimate of drug-likeness (QED) is 0.904. The van der Waals surface area contributed by atoms with Gasteiger partial charge in [0.1, 0.15) is 0 Å². The van der Waals surface area contributed by atoms with E-state index in [1.165, 1.54) is 0 Å². The Morgan fingerprint density at radius 2 is 1.80 bits per heavy atom. The van der Waals surface area contributed by atoms with E-state index in [-0.39, 0.29) is 11.5 Å². The largest absolute Gasteiger partial charge is 0.354 e. The number of carbonyl (C=O) groups is 1. The van der Waals surface area contributed by atoms with Crippen LogP contribution < -0.4 is 10.9 Å². The lowest BCUT2D eigenvalue weighted by molar-refractivity contribution is 0.0793. The number of hydrogen-bond acceptors (Lipinski definition) is 3. The Morgan fingerprint density at radius 1 is 1.04 bits per heavy atom. The van der Waals surface area contributed by atoms with Crippen LogP contribution >= 0.6 is 0 Å². The van der Waals surface area contributed by atoms with Gasteiger partial charge in [-0.1, -0.05) is 6.07 Å². The van der Waals surface area contributed by atoms with Crippen LogP contribution in [0.5, 0.6) is 0 Å². The van der Waals surface area contributed by atoms with Gasteiger partial charge in [-0.05, 0) is 62.3 Å². The molecule has 0 spiro atoms. The summed E-state index contributed by atoms with van der Waals surface area (Å²) in [4.78, 5) is 29.4. The molecular weight excluding hydrogens is 314 g/mol. The van der Waals surface area contributed by atoms with Gasteiger partial charge in [-0.25, -0.2) is 0 Å². The van der Waals surface area contributed by atoms with Gasteiger partial charge in [-0.15, -0.1) is 0 Å². The van der Waals surface area contributed by atoms with Gasteiger partial charge in [0.25, 0.3) is 11.5 Å². The van der Waals surface area contributed by atoms with Crippen LogP contribution in [0, 0.1) is 0 Å². The third-order valence-electron chi connectivity index (χ3n) is 5.20. The van der Waals surface area contributed by atoms with Crippen molar-refractivity contribution in [2.75, 3.05) is 18.4 Å². The number of nitrogens with one attached hydrogen (secondary N) is 2. The Balaban J connectivity index is 1.60. The molecule has 0 atom stereocenters. The number of carbonyl (C=O) groups excluding carboxylic acids is 1. The number of nitrogens with zero attached hydrogens (tertiary/aromatic N) is 1. The molecule has 0 saturated carbocycles. The standard InChI is InChI=1S/C20H23N3O2/c24-19-17-9-2-1-8-16(17)18(13-21-19)22-15-7-5-6-14(12-15)20(25)23-10-3-4-11-23/h5-7,12-13,22H,1-4,8-11H2,(H,21,24).